The fourth-order valence-corrected chi connectivity index (χ4v) is 2.37. The molecule has 6 heteroatoms. The van der Waals surface area contributed by atoms with Crippen molar-refractivity contribution in [2.45, 2.75) is 19.0 Å². The van der Waals surface area contributed by atoms with E-state index in [1.807, 2.05) is 0 Å². The predicted molar refractivity (Wildman–Crippen MR) is 63.7 cm³/mol. The van der Waals surface area contributed by atoms with E-state index in [9.17, 15) is 13.6 Å². The molecular weight excluding hydrogens is 256 g/mol. The number of hydrogen-bond acceptors (Lipinski definition) is 3. The van der Waals surface area contributed by atoms with E-state index in [-0.39, 0.29) is 12.2 Å². The molecular formula is C13H15F2NO3. The number of carboxylic acids is 1. The summed E-state index contributed by atoms with van der Waals surface area (Å²) in [7, 11) is 0. The van der Waals surface area contributed by atoms with Gasteiger partial charge in [0.25, 0.3) is 0 Å². The van der Waals surface area contributed by atoms with Crippen molar-refractivity contribution in [3.05, 3.63) is 35.4 Å². The van der Waals surface area contributed by atoms with Gasteiger partial charge in [-0.3, -0.25) is 9.69 Å². The Morgan fingerprint density at radius 1 is 1.47 bits per heavy atom. The predicted octanol–water partition coefficient (Wildman–Crippen LogP) is 1.81. The Morgan fingerprint density at radius 2 is 2.11 bits per heavy atom. The van der Waals surface area contributed by atoms with Crippen molar-refractivity contribution in [2.75, 3.05) is 19.8 Å². The van der Waals surface area contributed by atoms with E-state index < -0.39 is 29.7 Å². The third kappa shape index (κ3) is 2.74. The van der Waals surface area contributed by atoms with Crippen LogP contribution in [0, 0.1) is 11.6 Å². The van der Waals surface area contributed by atoms with Gasteiger partial charge in [-0.05, 0) is 19.1 Å². The maximum absolute atomic E-state index is 13.7. The molecule has 19 heavy (non-hydrogen) atoms. The minimum Gasteiger partial charge on any atom is -0.480 e. The van der Waals surface area contributed by atoms with Crippen molar-refractivity contribution in [1.82, 2.24) is 4.90 Å². The van der Waals surface area contributed by atoms with Gasteiger partial charge >= 0.3 is 5.97 Å². The summed E-state index contributed by atoms with van der Waals surface area (Å²) in [6.07, 6.45) is 0. The second kappa shape index (κ2) is 5.63. The van der Waals surface area contributed by atoms with Crippen LogP contribution in [0.3, 0.4) is 0 Å². The molecule has 1 aromatic carbocycles. The Balaban J connectivity index is 2.31. The first-order chi connectivity index (χ1) is 9.02. The molecule has 0 spiro atoms. The summed E-state index contributed by atoms with van der Waals surface area (Å²) in [5.41, 5.74) is -0.101. The van der Waals surface area contributed by atoms with Crippen molar-refractivity contribution in [3.63, 3.8) is 0 Å². The first kappa shape index (κ1) is 13.9. The number of ether oxygens (including phenoxy) is 1. The summed E-state index contributed by atoms with van der Waals surface area (Å²) >= 11 is 0. The zero-order valence-electron chi connectivity index (χ0n) is 10.5. The fraction of sp³-hybridized carbons (Fsp3) is 0.462. The third-order valence-corrected chi connectivity index (χ3v) is 3.37. The number of rotatable bonds is 3. The lowest BCUT2D eigenvalue weighted by atomic mass is 10.0. The summed E-state index contributed by atoms with van der Waals surface area (Å²) in [6, 6.07) is 2.08. The number of hydrogen-bond donors (Lipinski definition) is 1. The quantitative estimate of drug-likeness (QED) is 0.911. The summed E-state index contributed by atoms with van der Waals surface area (Å²) in [4.78, 5) is 12.7. The minimum absolute atomic E-state index is 0.0236. The minimum atomic E-state index is -1.05. The number of halogens is 2. The van der Waals surface area contributed by atoms with Crippen LogP contribution in [-0.4, -0.2) is 41.8 Å². The highest BCUT2D eigenvalue weighted by Gasteiger charge is 2.34. The largest absolute Gasteiger partial charge is 0.480 e. The van der Waals surface area contributed by atoms with Crippen LogP contribution in [0.2, 0.25) is 0 Å². The number of carboxylic acid groups (broad SMARTS) is 1. The molecule has 1 aromatic rings. The van der Waals surface area contributed by atoms with Crippen LogP contribution in [0.4, 0.5) is 8.78 Å². The van der Waals surface area contributed by atoms with E-state index in [2.05, 4.69) is 0 Å². The van der Waals surface area contributed by atoms with Gasteiger partial charge in [0.15, 0.2) is 0 Å². The van der Waals surface area contributed by atoms with E-state index in [1.165, 1.54) is 18.2 Å². The molecule has 0 bridgehead atoms. The van der Waals surface area contributed by atoms with Gasteiger partial charge in [0.05, 0.1) is 13.2 Å². The lowest BCUT2D eigenvalue weighted by molar-refractivity contribution is -0.151. The highest BCUT2D eigenvalue weighted by molar-refractivity contribution is 5.73. The molecule has 1 heterocycles. The van der Waals surface area contributed by atoms with Crippen LogP contribution in [-0.2, 0) is 9.53 Å². The van der Waals surface area contributed by atoms with Crippen molar-refractivity contribution in [3.8, 4) is 0 Å². The zero-order chi connectivity index (χ0) is 14.0. The fourth-order valence-electron chi connectivity index (χ4n) is 2.37. The molecule has 2 unspecified atom stereocenters. The summed E-state index contributed by atoms with van der Waals surface area (Å²) in [6.45, 7) is 2.30. The van der Waals surface area contributed by atoms with Gasteiger partial charge in [-0.15, -0.1) is 0 Å². The number of benzene rings is 1. The van der Waals surface area contributed by atoms with Gasteiger partial charge in [0, 0.05) is 18.2 Å². The average Bonchev–Trinajstić information content (AvgIpc) is 2.38. The van der Waals surface area contributed by atoms with Gasteiger partial charge in [-0.1, -0.05) is 6.07 Å². The Labute approximate surface area is 109 Å². The van der Waals surface area contributed by atoms with E-state index in [1.54, 1.807) is 11.8 Å². The Morgan fingerprint density at radius 3 is 2.68 bits per heavy atom. The van der Waals surface area contributed by atoms with E-state index >= 15 is 0 Å². The summed E-state index contributed by atoms with van der Waals surface area (Å²) < 4.78 is 32.6. The average molecular weight is 271 g/mol. The molecule has 1 aliphatic heterocycles. The normalized spacial score (nSPS) is 22.2. The maximum Gasteiger partial charge on any atom is 0.323 e. The van der Waals surface area contributed by atoms with Crippen molar-refractivity contribution >= 4 is 5.97 Å². The second-order valence-electron chi connectivity index (χ2n) is 4.48. The van der Waals surface area contributed by atoms with Gasteiger partial charge in [-0.2, -0.15) is 0 Å². The number of aliphatic carboxylic acids is 1. The molecule has 1 N–H and O–H groups in total. The molecule has 0 aromatic heterocycles. The van der Waals surface area contributed by atoms with Gasteiger partial charge in [0.1, 0.15) is 17.7 Å². The molecule has 0 saturated carbocycles. The summed E-state index contributed by atoms with van der Waals surface area (Å²) in [5.74, 6) is -2.38. The Bertz CT molecular complexity index is 461. The lowest BCUT2D eigenvalue weighted by Crippen LogP contribution is -2.51. The molecule has 2 rings (SSSR count). The van der Waals surface area contributed by atoms with Crippen LogP contribution >= 0.6 is 0 Å². The molecule has 2 atom stereocenters. The standard InChI is InChI=1S/C13H15F2NO3/c1-8(12-9(14)3-2-4-10(12)15)16-5-6-19-7-11(16)13(17)18/h2-4,8,11H,5-7H2,1H3,(H,17,18). The van der Waals surface area contributed by atoms with Crippen LogP contribution in [0.25, 0.3) is 0 Å². The molecule has 104 valence electrons. The molecule has 0 aliphatic carbocycles. The van der Waals surface area contributed by atoms with E-state index in [4.69, 9.17) is 9.84 Å². The molecule has 1 fully saturated rings. The molecule has 1 aliphatic rings. The molecule has 0 radical (unpaired) electrons. The smallest absolute Gasteiger partial charge is 0.323 e. The van der Waals surface area contributed by atoms with Gasteiger partial charge in [0.2, 0.25) is 0 Å². The highest BCUT2D eigenvalue weighted by Crippen LogP contribution is 2.28. The Kier molecular flexibility index (Phi) is 4.11. The van der Waals surface area contributed by atoms with Crippen LogP contribution in [0.15, 0.2) is 18.2 Å². The zero-order valence-corrected chi connectivity index (χ0v) is 10.5. The van der Waals surface area contributed by atoms with Gasteiger partial charge in [-0.25, -0.2) is 8.78 Å². The van der Waals surface area contributed by atoms with E-state index in [0.717, 1.165) is 0 Å². The maximum atomic E-state index is 13.7. The topological polar surface area (TPSA) is 49.8 Å². The summed E-state index contributed by atoms with van der Waals surface area (Å²) in [5, 5.41) is 9.13. The number of carbonyl (C=O) groups is 1. The van der Waals surface area contributed by atoms with Crippen molar-refractivity contribution < 1.29 is 23.4 Å². The van der Waals surface area contributed by atoms with E-state index in [0.29, 0.717) is 13.2 Å². The lowest BCUT2D eigenvalue weighted by Gasteiger charge is -2.37. The first-order valence-corrected chi connectivity index (χ1v) is 6.02. The van der Waals surface area contributed by atoms with Crippen LogP contribution in [0.1, 0.15) is 18.5 Å². The number of morpholine rings is 1. The molecule has 0 amide bonds. The van der Waals surface area contributed by atoms with Crippen molar-refractivity contribution in [1.29, 1.82) is 0 Å². The second-order valence-corrected chi connectivity index (χ2v) is 4.48. The SMILES string of the molecule is CC(c1c(F)cccc1F)N1CCOCC1C(=O)O. The monoisotopic (exact) mass is 271 g/mol. The molecule has 1 saturated heterocycles. The molecule has 4 nitrogen and oxygen atoms in total. The third-order valence-electron chi connectivity index (χ3n) is 3.37. The van der Waals surface area contributed by atoms with Crippen molar-refractivity contribution in [2.24, 2.45) is 0 Å². The van der Waals surface area contributed by atoms with Gasteiger partial charge < -0.3 is 9.84 Å². The highest BCUT2D eigenvalue weighted by atomic mass is 19.1. The Hall–Kier alpha value is -1.53. The number of nitrogens with zero attached hydrogens (tertiary/aromatic N) is 1. The van der Waals surface area contributed by atoms with Crippen LogP contribution in [0.5, 0.6) is 0 Å². The first-order valence-electron chi connectivity index (χ1n) is 6.02. The van der Waals surface area contributed by atoms with Crippen LogP contribution < -0.4 is 0 Å².